The molecule has 4 rings (SSSR count). The molecule has 2 aromatic carbocycles. The van der Waals surface area contributed by atoms with Crippen molar-refractivity contribution in [2.75, 3.05) is 20.8 Å². The van der Waals surface area contributed by atoms with E-state index in [1.165, 1.54) is 10.6 Å². The summed E-state index contributed by atoms with van der Waals surface area (Å²) in [6.07, 6.45) is 1.81. The smallest absolute Gasteiger partial charge is 0.268 e. The Kier molecular flexibility index (Phi) is 4.58. The molecule has 1 heterocycles. The molecule has 6 heteroatoms. The van der Waals surface area contributed by atoms with Crippen LogP contribution in [-0.2, 0) is 11.2 Å². The van der Waals surface area contributed by atoms with Gasteiger partial charge in [-0.2, -0.15) is 5.10 Å². The molecule has 27 heavy (non-hydrogen) atoms. The molecule has 6 nitrogen and oxygen atoms in total. The van der Waals surface area contributed by atoms with E-state index >= 15 is 0 Å². The van der Waals surface area contributed by atoms with Crippen molar-refractivity contribution >= 4 is 11.6 Å². The minimum absolute atomic E-state index is 0.0773. The molecule has 1 aliphatic heterocycles. The van der Waals surface area contributed by atoms with E-state index in [0.29, 0.717) is 0 Å². The molecule has 2 aromatic rings. The number of carbonyl (C=O) groups excluding carboxylic acids is 1. The van der Waals surface area contributed by atoms with Crippen LogP contribution in [0, 0.1) is 5.92 Å². The van der Waals surface area contributed by atoms with Gasteiger partial charge in [0.2, 0.25) is 0 Å². The van der Waals surface area contributed by atoms with Gasteiger partial charge in [-0.25, -0.2) is 5.01 Å². The van der Waals surface area contributed by atoms with Crippen molar-refractivity contribution in [1.82, 2.24) is 5.01 Å². The largest absolute Gasteiger partial charge is 0.497 e. The molecular weight excluding hydrogens is 344 g/mol. The number of carbonyl (C=O) groups is 1. The van der Waals surface area contributed by atoms with Crippen LogP contribution in [0.4, 0.5) is 0 Å². The van der Waals surface area contributed by atoms with Crippen LogP contribution in [0.25, 0.3) is 0 Å². The average molecular weight is 366 g/mol. The maximum Gasteiger partial charge on any atom is 0.268 e. The molecule has 0 bridgehead atoms. The molecule has 1 amide bonds. The van der Waals surface area contributed by atoms with E-state index in [-0.39, 0.29) is 12.0 Å². The molecule has 0 aromatic heterocycles. The zero-order valence-electron chi connectivity index (χ0n) is 15.4. The second-order valence-corrected chi connectivity index (χ2v) is 6.77. The minimum Gasteiger partial charge on any atom is -0.497 e. The standard InChI is InChI=1S/C21H22N2O4/c1-26-15-7-4-14(5-8-15)21-17-10-6-13-3-9-16(27-2)11-18(13)20(17)22-23(21)19(25)12-24/h3-5,7-9,11,17,21,24H,6,10,12H2,1-2H3/t17-,21-/m0/s1. The molecule has 0 fully saturated rings. The number of amides is 1. The first-order valence-corrected chi connectivity index (χ1v) is 8.99. The Morgan fingerprint density at radius 1 is 1.15 bits per heavy atom. The number of aliphatic hydroxyl groups is 1. The van der Waals surface area contributed by atoms with E-state index in [9.17, 15) is 9.90 Å². The fourth-order valence-corrected chi connectivity index (χ4v) is 4.03. The Morgan fingerprint density at radius 2 is 1.85 bits per heavy atom. The molecule has 2 aliphatic rings. The van der Waals surface area contributed by atoms with E-state index in [1.807, 2.05) is 36.4 Å². The van der Waals surface area contributed by atoms with Gasteiger partial charge >= 0.3 is 0 Å². The highest BCUT2D eigenvalue weighted by atomic mass is 16.5. The number of aryl methyl sites for hydroxylation is 1. The normalized spacial score (nSPS) is 20.6. The topological polar surface area (TPSA) is 71.4 Å². The quantitative estimate of drug-likeness (QED) is 0.903. The monoisotopic (exact) mass is 366 g/mol. The highest BCUT2D eigenvalue weighted by Gasteiger charge is 2.43. The van der Waals surface area contributed by atoms with Gasteiger partial charge in [-0.1, -0.05) is 18.2 Å². The van der Waals surface area contributed by atoms with Crippen LogP contribution < -0.4 is 9.47 Å². The van der Waals surface area contributed by atoms with E-state index in [0.717, 1.165) is 41.2 Å². The lowest BCUT2D eigenvalue weighted by Crippen LogP contribution is -2.33. The molecule has 140 valence electrons. The lowest BCUT2D eigenvalue weighted by molar-refractivity contribution is -0.136. The van der Waals surface area contributed by atoms with Crippen LogP contribution in [0.15, 0.2) is 47.6 Å². The Bertz CT molecular complexity index is 892. The first-order valence-electron chi connectivity index (χ1n) is 8.99. The summed E-state index contributed by atoms with van der Waals surface area (Å²) in [5.74, 6) is 1.21. The summed E-state index contributed by atoms with van der Waals surface area (Å²) < 4.78 is 10.6. The van der Waals surface area contributed by atoms with Crippen LogP contribution in [0.3, 0.4) is 0 Å². The van der Waals surface area contributed by atoms with Crippen molar-refractivity contribution in [1.29, 1.82) is 0 Å². The number of hydrazone groups is 1. The summed E-state index contributed by atoms with van der Waals surface area (Å²) in [4.78, 5) is 12.4. The summed E-state index contributed by atoms with van der Waals surface area (Å²) in [6.45, 7) is -0.568. The number of hydrogen-bond donors (Lipinski definition) is 1. The van der Waals surface area contributed by atoms with Crippen LogP contribution in [0.1, 0.15) is 29.2 Å². The van der Waals surface area contributed by atoms with Crippen molar-refractivity contribution in [3.05, 3.63) is 59.2 Å². The van der Waals surface area contributed by atoms with E-state index in [2.05, 4.69) is 11.2 Å². The minimum atomic E-state index is -0.568. The highest BCUT2D eigenvalue weighted by molar-refractivity contribution is 6.07. The van der Waals surface area contributed by atoms with Gasteiger partial charge in [-0.3, -0.25) is 4.79 Å². The van der Waals surface area contributed by atoms with Gasteiger partial charge in [-0.05, 0) is 48.2 Å². The number of ether oxygens (including phenoxy) is 2. The molecular formula is C21H22N2O4. The third kappa shape index (κ3) is 2.96. The van der Waals surface area contributed by atoms with Crippen molar-refractivity contribution in [3.8, 4) is 11.5 Å². The predicted octanol–water partition coefficient (Wildman–Crippen LogP) is 2.55. The first-order chi connectivity index (χ1) is 13.2. The van der Waals surface area contributed by atoms with Crippen molar-refractivity contribution in [2.24, 2.45) is 11.0 Å². The lowest BCUT2D eigenvalue weighted by Gasteiger charge is -2.29. The Balaban J connectivity index is 1.78. The van der Waals surface area contributed by atoms with Crippen molar-refractivity contribution in [2.45, 2.75) is 18.9 Å². The maximum absolute atomic E-state index is 12.4. The number of methoxy groups -OCH3 is 2. The van der Waals surface area contributed by atoms with Crippen LogP contribution in [0.5, 0.6) is 11.5 Å². The summed E-state index contributed by atoms with van der Waals surface area (Å²) in [7, 11) is 3.26. The lowest BCUT2D eigenvalue weighted by atomic mass is 9.77. The zero-order valence-corrected chi connectivity index (χ0v) is 15.4. The van der Waals surface area contributed by atoms with Crippen molar-refractivity contribution in [3.63, 3.8) is 0 Å². The summed E-state index contributed by atoms with van der Waals surface area (Å²) in [5, 5.41) is 15.5. The predicted molar refractivity (Wildman–Crippen MR) is 101 cm³/mol. The molecule has 1 aliphatic carbocycles. The number of aliphatic hydroxyl groups excluding tert-OH is 1. The van der Waals surface area contributed by atoms with E-state index in [4.69, 9.17) is 9.47 Å². The number of hydrogen-bond acceptors (Lipinski definition) is 5. The third-order valence-corrected chi connectivity index (χ3v) is 5.38. The van der Waals surface area contributed by atoms with Gasteiger partial charge in [0.15, 0.2) is 0 Å². The van der Waals surface area contributed by atoms with Crippen molar-refractivity contribution < 1.29 is 19.4 Å². The Morgan fingerprint density at radius 3 is 2.52 bits per heavy atom. The fourth-order valence-electron chi connectivity index (χ4n) is 4.03. The Labute approximate surface area is 158 Å². The van der Waals surface area contributed by atoms with Gasteiger partial charge in [0.25, 0.3) is 5.91 Å². The van der Waals surface area contributed by atoms with Gasteiger partial charge in [0, 0.05) is 11.5 Å². The second-order valence-electron chi connectivity index (χ2n) is 6.77. The van der Waals surface area contributed by atoms with Crippen LogP contribution in [-0.4, -0.2) is 42.6 Å². The molecule has 0 radical (unpaired) electrons. The SMILES string of the molecule is COc1ccc([C@H]2[C@H]3CCc4ccc(OC)cc4C3=NN2C(=O)CO)cc1. The molecule has 0 saturated heterocycles. The van der Waals surface area contributed by atoms with Gasteiger partial charge in [-0.15, -0.1) is 0 Å². The summed E-state index contributed by atoms with van der Waals surface area (Å²) >= 11 is 0. The maximum atomic E-state index is 12.4. The highest BCUT2D eigenvalue weighted by Crippen LogP contribution is 2.44. The molecule has 1 N–H and O–H groups in total. The van der Waals surface area contributed by atoms with E-state index in [1.54, 1.807) is 14.2 Å². The average Bonchev–Trinajstić information content (AvgIpc) is 3.12. The number of nitrogens with zero attached hydrogens (tertiary/aromatic N) is 2. The van der Waals surface area contributed by atoms with Gasteiger partial charge < -0.3 is 14.6 Å². The zero-order chi connectivity index (χ0) is 19.0. The number of benzene rings is 2. The number of fused-ring (bicyclic) bond motifs is 3. The molecule has 0 unspecified atom stereocenters. The van der Waals surface area contributed by atoms with Crippen LogP contribution >= 0.6 is 0 Å². The first kappa shape index (κ1) is 17.5. The van der Waals surface area contributed by atoms with E-state index < -0.39 is 12.5 Å². The number of rotatable bonds is 4. The van der Waals surface area contributed by atoms with Crippen LogP contribution in [0.2, 0.25) is 0 Å². The van der Waals surface area contributed by atoms with Gasteiger partial charge in [0.1, 0.15) is 18.1 Å². The molecule has 2 atom stereocenters. The molecule has 0 saturated carbocycles. The second kappa shape index (κ2) is 7.04. The molecule has 0 spiro atoms. The fraction of sp³-hybridized carbons (Fsp3) is 0.333. The summed E-state index contributed by atoms with van der Waals surface area (Å²) in [5.41, 5.74) is 4.10. The summed E-state index contributed by atoms with van der Waals surface area (Å²) in [6, 6.07) is 13.5. The Hall–Kier alpha value is -2.86. The van der Waals surface area contributed by atoms with Gasteiger partial charge in [0.05, 0.1) is 26.0 Å². The third-order valence-electron chi connectivity index (χ3n) is 5.38.